The minimum atomic E-state index is -0.145. The van der Waals surface area contributed by atoms with Crippen molar-refractivity contribution in [1.82, 2.24) is 0 Å². The molecule has 6 heteroatoms. The van der Waals surface area contributed by atoms with E-state index >= 15 is 0 Å². The van der Waals surface area contributed by atoms with Crippen LogP contribution in [0.15, 0.2) is 12.1 Å². The van der Waals surface area contributed by atoms with Gasteiger partial charge >= 0.3 is 0 Å². The van der Waals surface area contributed by atoms with Crippen LogP contribution < -0.4 is 21.1 Å². The Kier molecular flexibility index (Phi) is 3.88. The summed E-state index contributed by atoms with van der Waals surface area (Å²) < 4.78 is 11.0. The van der Waals surface area contributed by atoms with E-state index < -0.39 is 0 Å². The Labute approximate surface area is 124 Å². The number of amides is 1. The molecule has 1 amide bonds. The monoisotopic (exact) mass is 291 g/mol. The molecular formula is C15H21N3O3. The summed E-state index contributed by atoms with van der Waals surface area (Å²) in [7, 11) is 0. The molecule has 4 N–H and O–H groups in total. The zero-order valence-corrected chi connectivity index (χ0v) is 12.1. The normalized spacial score (nSPS) is 24.1. The quantitative estimate of drug-likeness (QED) is 0.737. The summed E-state index contributed by atoms with van der Waals surface area (Å²) in [6.45, 7) is 3.82. The molecule has 114 valence electrons. The molecule has 21 heavy (non-hydrogen) atoms. The number of carbonyl (C=O) groups is 1. The molecule has 6 nitrogen and oxygen atoms in total. The third-order valence-corrected chi connectivity index (χ3v) is 4.09. The van der Waals surface area contributed by atoms with Crippen LogP contribution in [0.4, 0.5) is 17.1 Å². The summed E-state index contributed by atoms with van der Waals surface area (Å²) >= 11 is 0. The van der Waals surface area contributed by atoms with Crippen LogP contribution in [0, 0.1) is 5.92 Å². The van der Waals surface area contributed by atoms with Crippen molar-refractivity contribution in [3.63, 3.8) is 0 Å². The van der Waals surface area contributed by atoms with Crippen LogP contribution in [0.1, 0.15) is 19.8 Å². The molecule has 0 saturated carbocycles. The van der Waals surface area contributed by atoms with Crippen LogP contribution in [0.3, 0.4) is 0 Å². The second kappa shape index (κ2) is 5.81. The molecule has 1 aromatic rings. The molecule has 2 unspecified atom stereocenters. The number of nitrogens with two attached hydrogens (primary N) is 1. The average Bonchev–Trinajstić information content (AvgIpc) is 2.93. The Morgan fingerprint density at radius 1 is 1.48 bits per heavy atom. The second-order valence-corrected chi connectivity index (χ2v) is 5.52. The van der Waals surface area contributed by atoms with Crippen LogP contribution in [-0.4, -0.2) is 31.8 Å². The molecule has 1 fully saturated rings. The van der Waals surface area contributed by atoms with Crippen molar-refractivity contribution < 1.29 is 14.3 Å². The minimum absolute atomic E-state index is 0.0385. The molecule has 2 heterocycles. The maximum Gasteiger partial charge on any atom is 0.262 e. The van der Waals surface area contributed by atoms with E-state index in [-0.39, 0.29) is 12.5 Å². The molecule has 0 bridgehead atoms. The number of hydrogen-bond acceptors (Lipinski definition) is 5. The van der Waals surface area contributed by atoms with E-state index in [0.717, 1.165) is 31.7 Å². The van der Waals surface area contributed by atoms with E-state index in [9.17, 15) is 4.79 Å². The van der Waals surface area contributed by atoms with Gasteiger partial charge in [-0.15, -0.1) is 0 Å². The van der Waals surface area contributed by atoms with Crippen molar-refractivity contribution in [2.24, 2.45) is 5.92 Å². The van der Waals surface area contributed by atoms with Gasteiger partial charge in [0.25, 0.3) is 5.91 Å². The Morgan fingerprint density at radius 3 is 3.14 bits per heavy atom. The van der Waals surface area contributed by atoms with Crippen LogP contribution >= 0.6 is 0 Å². The van der Waals surface area contributed by atoms with Gasteiger partial charge in [-0.2, -0.15) is 0 Å². The molecule has 1 saturated heterocycles. The predicted molar refractivity (Wildman–Crippen MR) is 81.6 cm³/mol. The van der Waals surface area contributed by atoms with Crippen LogP contribution in [0.2, 0.25) is 0 Å². The molecule has 2 aliphatic heterocycles. The first-order valence-corrected chi connectivity index (χ1v) is 7.39. The first-order chi connectivity index (χ1) is 10.2. The predicted octanol–water partition coefficient (Wildman–Crippen LogP) is 1.83. The summed E-state index contributed by atoms with van der Waals surface area (Å²) in [6, 6.07) is 3.58. The molecule has 1 aromatic carbocycles. The van der Waals surface area contributed by atoms with Crippen LogP contribution in [-0.2, 0) is 9.53 Å². The van der Waals surface area contributed by atoms with Gasteiger partial charge in [0.05, 0.1) is 23.2 Å². The van der Waals surface area contributed by atoms with Gasteiger partial charge in [-0.05, 0) is 18.9 Å². The summed E-state index contributed by atoms with van der Waals surface area (Å²) in [5, 5.41) is 6.16. The maximum atomic E-state index is 11.4. The zero-order valence-electron chi connectivity index (χ0n) is 12.1. The van der Waals surface area contributed by atoms with Gasteiger partial charge in [0.2, 0.25) is 0 Å². The molecule has 0 radical (unpaired) electrons. The number of benzene rings is 1. The molecule has 3 rings (SSSR count). The lowest BCUT2D eigenvalue weighted by molar-refractivity contribution is -0.118. The lowest BCUT2D eigenvalue weighted by atomic mass is 9.99. The first-order valence-electron chi connectivity index (χ1n) is 7.39. The minimum Gasteiger partial charge on any atom is -0.482 e. The smallest absolute Gasteiger partial charge is 0.262 e. The van der Waals surface area contributed by atoms with Crippen molar-refractivity contribution in [3.8, 4) is 5.75 Å². The summed E-state index contributed by atoms with van der Waals surface area (Å²) in [4.78, 5) is 11.4. The highest BCUT2D eigenvalue weighted by molar-refractivity contribution is 5.97. The van der Waals surface area contributed by atoms with Crippen molar-refractivity contribution in [2.75, 3.05) is 36.1 Å². The number of fused-ring (bicyclic) bond motifs is 1. The third-order valence-electron chi connectivity index (χ3n) is 4.09. The molecule has 0 aromatic heterocycles. The number of hydrogen-bond donors (Lipinski definition) is 3. The topological polar surface area (TPSA) is 85.6 Å². The lowest BCUT2D eigenvalue weighted by Gasteiger charge is -2.22. The van der Waals surface area contributed by atoms with Gasteiger partial charge in [-0.3, -0.25) is 4.79 Å². The van der Waals surface area contributed by atoms with Crippen molar-refractivity contribution in [2.45, 2.75) is 25.9 Å². The fourth-order valence-corrected chi connectivity index (χ4v) is 2.91. The number of carbonyl (C=O) groups excluding carboxylic acids is 1. The number of nitrogen functional groups attached to an aromatic ring is 1. The highest BCUT2D eigenvalue weighted by Gasteiger charge is 2.26. The Hall–Kier alpha value is -1.95. The summed E-state index contributed by atoms with van der Waals surface area (Å²) in [5.74, 6) is 0.970. The second-order valence-electron chi connectivity index (χ2n) is 5.52. The van der Waals surface area contributed by atoms with Crippen molar-refractivity contribution >= 4 is 23.0 Å². The molecule has 0 aliphatic carbocycles. The fraction of sp³-hybridized carbons (Fsp3) is 0.533. The van der Waals surface area contributed by atoms with Gasteiger partial charge in [0, 0.05) is 25.1 Å². The summed E-state index contributed by atoms with van der Waals surface area (Å²) in [6.07, 6.45) is 2.41. The Balaban J connectivity index is 1.70. The number of nitrogens with one attached hydrogen (secondary N) is 2. The van der Waals surface area contributed by atoms with Gasteiger partial charge in [0.1, 0.15) is 5.75 Å². The molecular weight excluding hydrogens is 270 g/mol. The Morgan fingerprint density at radius 2 is 2.33 bits per heavy atom. The van der Waals surface area contributed by atoms with Crippen LogP contribution in [0.25, 0.3) is 0 Å². The highest BCUT2D eigenvalue weighted by Crippen LogP contribution is 2.35. The fourth-order valence-electron chi connectivity index (χ4n) is 2.91. The van der Waals surface area contributed by atoms with E-state index in [4.69, 9.17) is 15.2 Å². The number of ether oxygens (including phenoxy) is 2. The maximum absolute atomic E-state index is 11.4. The van der Waals surface area contributed by atoms with E-state index in [0.29, 0.717) is 29.1 Å². The van der Waals surface area contributed by atoms with Gasteiger partial charge in [-0.25, -0.2) is 0 Å². The van der Waals surface area contributed by atoms with E-state index in [1.54, 1.807) is 6.07 Å². The number of rotatable bonds is 4. The SMILES string of the molecule is CCC1OCCC1CNc1cc2c(cc1N)OCC(=O)N2. The standard InChI is InChI=1S/C15H21N3O3/c1-2-13-9(3-4-20-13)7-17-11-6-12-14(5-10(11)16)21-8-15(19)18-12/h5-6,9,13,17H,2-4,7-8,16H2,1H3,(H,18,19). The zero-order chi connectivity index (χ0) is 14.8. The molecule has 2 aliphatic rings. The number of anilines is 3. The lowest BCUT2D eigenvalue weighted by Crippen LogP contribution is -2.26. The molecule has 0 spiro atoms. The van der Waals surface area contributed by atoms with E-state index in [1.807, 2.05) is 6.07 Å². The summed E-state index contributed by atoms with van der Waals surface area (Å²) in [5.41, 5.74) is 8.15. The van der Waals surface area contributed by atoms with Crippen molar-refractivity contribution in [3.05, 3.63) is 12.1 Å². The van der Waals surface area contributed by atoms with Gasteiger partial charge in [0.15, 0.2) is 6.61 Å². The Bertz CT molecular complexity index is 547. The van der Waals surface area contributed by atoms with E-state index in [2.05, 4.69) is 17.6 Å². The third kappa shape index (κ3) is 2.90. The largest absolute Gasteiger partial charge is 0.482 e. The van der Waals surface area contributed by atoms with E-state index in [1.165, 1.54) is 0 Å². The van der Waals surface area contributed by atoms with Crippen LogP contribution in [0.5, 0.6) is 5.75 Å². The first kappa shape index (κ1) is 14.0. The van der Waals surface area contributed by atoms with Gasteiger partial charge < -0.3 is 25.8 Å². The van der Waals surface area contributed by atoms with Gasteiger partial charge in [-0.1, -0.05) is 6.92 Å². The highest BCUT2D eigenvalue weighted by atomic mass is 16.5. The molecule has 2 atom stereocenters. The van der Waals surface area contributed by atoms with Crippen molar-refractivity contribution in [1.29, 1.82) is 0 Å². The average molecular weight is 291 g/mol.